The number of aryl methyl sites for hydroxylation is 1. The molecule has 1 amide bonds. The fourth-order valence-electron chi connectivity index (χ4n) is 3.35. The Morgan fingerprint density at radius 2 is 2.00 bits per heavy atom. The zero-order valence-electron chi connectivity index (χ0n) is 14.7. The molecule has 0 bridgehead atoms. The Hall–Kier alpha value is -2.25. The van der Waals surface area contributed by atoms with Crippen LogP contribution in [0, 0.1) is 12.7 Å². The van der Waals surface area contributed by atoms with Crippen molar-refractivity contribution in [3.63, 3.8) is 0 Å². The zero-order valence-corrected chi connectivity index (χ0v) is 15.5. The number of sulfonamides is 1. The van der Waals surface area contributed by atoms with Crippen LogP contribution in [0.15, 0.2) is 47.4 Å². The van der Waals surface area contributed by atoms with Gasteiger partial charge in [-0.2, -0.15) is 0 Å². The van der Waals surface area contributed by atoms with Crippen molar-refractivity contribution in [3.8, 4) is 0 Å². The normalized spacial score (nSPS) is 17.5. The lowest BCUT2D eigenvalue weighted by molar-refractivity contribution is 0.0735. The molecule has 3 rings (SSSR count). The molecular weight excluding hydrogens is 355 g/mol. The Balaban J connectivity index is 1.95. The lowest BCUT2D eigenvalue weighted by Crippen LogP contribution is -2.31. The van der Waals surface area contributed by atoms with Crippen LogP contribution in [0.2, 0.25) is 0 Å². The second-order valence-electron chi connectivity index (χ2n) is 6.42. The highest BCUT2D eigenvalue weighted by molar-refractivity contribution is 7.89. The van der Waals surface area contributed by atoms with Gasteiger partial charge >= 0.3 is 0 Å². The van der Waals surface area contributed by atoms with Crippen LogP contribution in [0.5, 0.6) is 0 Å². The summed E-state index contributed by atoms with van der Waals surface area (Å²) in [7, 11) is -2.77. The van der Waals surface area contributed by atoms with E-state index >= 15 is 0 Å². The standard InChI is InChI=1S/C19H21FN2O3S/c1-13-5-3-6-14(11-13)17-7-4-10-22(17)19(23)15-8-9-16(20)18(12-15)26(24,25)21-2/h3,5-6,8-9,11-12,17,21H,4,7,10H2,1-2H3. The molecule has 26 heavy (non-hydrogen) atoms. The molecule has 1 unspecified atom stereocenters. The van der Waals surface area contributed by atoms with Gasteiger partial charge in [0.2, 0.25) is 10.0 Å². The third-order valence-electron chi connectivity index (χ3n) is 4.68. The van der Waals surface area contributed by atoms with Gasteiger partial charge in [-0.25, -0.2) is 17.5 Å². The highest BCUT2D eigenvalue weighted by atomic mass is 32.2. The molecule has 2 aromatic carbocycles. The van der Waals surface area contributed by atoms with E-state index in [9.17, 15) is 17.6 Å². The zero-order chi connectivity index (χ0) is 18.9. The summed E-state index contributed by atoms with van der Waals surface area (Å²) in [6.07, 6.45) is 1.71. The minimum Gasteiger partial charge on any atom is -0.332 e. The summed E-state index contributed by atoms with van der Waals surface area (Å²) in [6, 6.07) is 11.4. The predicted octanol–water partition coefficient (Wildman–Crippen LogP) is 3.02. The number of benzene rings is 2. The van der Waals surface area contributed by atoms with E-state index in [2.05, 4.69) is 10.8 Å². The molecule has 0 saturated carbocycles. The van der Waals surface area contributed by atoms with Crippen LogP contribution in [0.3, 0.4) is 0 Å². The number of hydrogen-bond donors (Lipinski definition) is 1. The summed E-state index contributed by atoms with van der Waals surface area (Å²) in [5.41, 5.74) is 2.34. The maximum Gasteiger partial charge on any atom is 0.254 e. The molecule has 1 aliphatic rings. The van der Waals surface area contributed by atoms with Crippen LogP contribution in [0.25, 0.3) is 0 Å². The quantitative estimate of drug-likeness (QED) is 0.892. The summed E-state index contributed by atoms with van der Waals surface area (Å²) in [5.74, 6) is -1.17. The molecule has 1 saturated heterocycles. The average molecular weight is 376 g/mol. The Kier molecular flexibility index (Phi) is 5.11. The first-order valence-corrected chi connectivity index (χ1v) is 9.92. The largest absolute Gasteiger partial charge is 0.332 e. The molecule has 1 fully saturated rings. The van der Waals surface area contributed by atoms with Crippen LogP contribution in [-0.2, 0) is 10.0 Å². The minimum absolute atomic E-state index is 0.0585. The lowest BCUT2D eigenvalue weighted by Gasteiger charge is -2.25. The molecule has 0 radical (unpaired) electrons. The molecule has 2 aromatic rings. The Labute approximate surface area is 152 Å². The van der Waals surface area contributed by atoms with Gasteiger partial charge in [-0.3, -0.25) is 4.79 Å². The SMILES string of the molecule is CNS(=O)(=O)c1cc(C(=O)N2CCCC2c2cccc(C)c2)ccc1F. The molecule has 1 heterocycles. The van der Waals surface area contributed by atoms with E-state index in [1.165, 1.54) is 13.1 Å². The monoisotopic (exact) mass is 376 g/mol. The van der Waals surface area contributed by atoms with E-state index in [-0.39, 0.29) is 17.5 Å². The van der Waals surface area contributed by atoms with Crippen molar-refractivity contribution in [1.29, 1.82) is 0 Å². The third kappa shape index (κ3) is 3.50. The summed E-state index contributed by atoms with van der Waals surface area (Å²) < 4.78 is 39.9. The second-order valence-corrected chi connectivity index (χ2v) is 8.28. The number of nitrogens with one attached hydrogen (secondary N) is 1. The number of hydrogen-bond acceptors (Lipinski definition) is 3. The van der Waals surface area contributed by atoms with Crippen molar-refractivity contribution >= 4 is 15.9 Å². The Morgan fingerprint density at radius 3 is 2.69 bits per heavy atom. The number of halogens is 1. The van der Waals surface area contributed by atoms with Gasteiger partial charge in [0.15, 0.2) is 0 Å². The summed E-state index contributed by atoms with van der Waals surface area (Å²) >= 11 is 0. The predicted molar refractivity (Wildman–Crippen MR) is 96.8 cm³/mol. The number of carbonyl (C=O) groups is 1. The highest BCUT2D eigenvalue weighted by Crippen LogP contribution is 2.33. The van der Waals surface area contributed by atoms with Gasteiger partial charge < -0.3 is 4.90 Å². The summed E-state index contributed by atoms with van der Waals surface area (Å²) in [4.78, 5) is 14.2. The van der Waals surface area contributed by atoms with Crippen LogP contribution >= 0.6 is 0 Å². The van der Waals surface area contributed by atoms with Gasteiger partial charge in [0.25, 0.3) is 5.91 Å². The summed E-state index contributed by atoms with van der Waals surface area (Å²) in [6.45, 7) is 2.59. The Bertz CT molecular complexity index is 944. The second kappa shape index (κ2) is 7.17. The van der Waals surface area contributed by atoms with Crippen molar-refractivity contribution < 1.29 is 17.6 Å². The van der Waals surface area contributed by atoms with Crippen molar-refractivity contribution in [2.75, 3.05) is 13.6 Å². The lowest BCUT2D eigenvalue weighted by atomic mass is 10.0. The third-order valence-corrected chi connectivity index (χ3v) is 6.11. The van der Waals surface area contributed by atoms with Crippen LogP contribution in [-0.4, -0.2) is 32.8 Å². The highest BCUT2D eigenvalue weighted by Gasteiger charge is 2.31. The first-order chi connectivity index (χ1) is 12.3. The van der Waals surface area contributed by atoms with Crippen molar-refractivity contribution in [3.05, 3.63) is 65.0 Å². The van der Waals surface area contributed by atoms with Crippen molar-refractivity contribution in [2.24, 2.45) is 0 Å². The van der Waals surface area contributed by atoms with Crippen LogP contribution in [0.1, 0.15) is 40.4 Å². The minimum atomic E-state index is -3.98. The molecule has 1 atom stereocenters. The number of amides is 1. The van der Waals surface area contributed by atoms with Crippen LogP contribution < -0.4 is 4.72 Å². The van der Waals surface area contributed by atoms with E-state index in [0.717, 1.165) is 36.1 Å². The summed E-state index contributed by atoms with van der Waals surface area (Å²) in [5, 5.41) is 0. The number of likely N-dealkylation sites (tertiary alicyclic amines) is 1. The van der Waals surface area contributed by atoms with Gasteiger partial charge in [0.1, 0.15) is 10.7 Å². The molecule has 138 valence electrons. The fraction of sp³-hybridized carbons (Fsp3) is 0.316. The van der Waals surface area contributed by atoms with Crippen LogP contribution in [0.4, 0.5) is 4.39 Å². The average Bonchev–Trinajstić information content (AvgIpc) is 3.11. The number of nitrogens with zero attached hydrogens (tertiary/aromatic N) is 1. The smallest absolute Gasteiger partial charge is 0.254 e. The molecule has 0 spiro atoms. The van der Waals surface area contributed by atoms with Crippen molar-refractivity contribution in [2.45, 2.75) is 30.7 Å². The molecule has 1 aliphatic heterocycles. The van der Waals surface area contributed by atoms with E-state index in [1.807, 2.05) is 25.1 Å². The molecule has 5 nitrogen and oxygen atoms in total. The van der Waals surface area contributed by atoms with Gasteiger partial charge in [0, 0.05) is 12.1 Å². The molecule has 1 N–H and O–H groups in total. The molecular formula is C19H21FN2O3S. The first kappa shape index (κ1) is 18.5. The van der Waals surface area contributed by atoms with Gasteiger partial charge in [0.05, 0.1) is 6.04 Å². The van der Waals surface area contributed by atoms with Gasteiger partial charge in [-0.15, -0.1) is 0 Å². The molecule has 7 heteroatoms. The van der Waals surface area contributed by atoms with E-state index in [4.69, 9.17) is 0 Å². The topological polar surface area (TPSA) is 66.5 Å². The number of rotatable bonds is 4. The molecule has 0 aliphatic carbocycles. The van der Waals surface area contributed by atoms with Crippen molar-refractivity contribution in [1.82, 2.24) is 9.62 Å². The van der Waals surface area contributed by atoms with Gasteiger partial charge in [-0.05, 0) is 50.6 Å². The maximum absolute atomic E-state index is 13.9. The first-order valence-electron chi connectivity index (χ1n) is 8.44. The van der Waals surface area contributed by atoms with E-state index in [1.54, 1.807) is 4.90 Å². The van der Waals surface area contributed by atoms with E-state index < -0.39 is 20.7 Å². The maximum atomic E-state index is 13.9. The van der Waals surface area contributed by atoms with E-state index in [0.29, 0.717) is 6.54 Å². The fourth-order valence-corrected chi connectivity index (χ4v) is 4.18. The molecule has 0 aromatic heterocycles. The van der Waals surface area contributed by atoms with Gasteiger partial charge in [-0.1, -0.05) is 29.8 Å². The Morgan fingerprint density at radius 1 is 1.23 bits per heavy atom. The number of carbonyl (C=O) groups excluding carboxylic acids is 1.